The molecule has 2 heteroatoms. The normalized spacial score (nSPS) is 14.3. The van der Waals surface area contributed by atoms with Gasteiger partial charge in [0.15, 0.2) is 0 Å². The summed E-state index contributed by atoms with van der Waals surface area (Å²) in [5, 5.41) is 1.54. The fraction of sp³-hybridized carbons (Fsp3) is 1.00. The van der Waals surface area contributed by atoms with E-state index in [4.69, 9.17) is 0 Å². The molecule has 0 fully saturated rings. The quantitative estimate of drug-likeness (QED) is 0.404. The summed E-state index contributed by atoms with van der Waals surface area (Å²) >= 11 is -0.810. The Morgan fingerprint density at radius 1 is 0.778 bits per heavy atom. The van der Waals surface area contributed by atoms with Crippen LogP contribution in [0.2, 0.25) is 13.6 Å². The van der Waals surface area contributed by atoms with Gasteiger partial charge in [-0.15, -0.1) is 0 Å². The summed E-state index contributed by atoms with van der Waals surface area (Å²) in [6.07, 6.45) is 1.51. The molecule has 0 aromatic rings. The average molecular weight is 334 g/mol. The summed E-state index contributed by atoms with van der Waals surface area (Å²) in [5.41, 5.74) is 1.80. The third kappa shape index (κ3) is 6.43. The van der Waals surface area contributed by atoms with Crippen LogP contribution in [0.4, 0.5) is 0 Å². The van der Waals surface area contributed by atoms with Crippen LogP contribution in [0.25, 0.3) is 0 Å². The van der Waals surface area contributed by atoms with E-state index in [1.807, 2.05) is 0 Å². The first kappa shape index (κ1) is 19.0. The van der Waals surface area contributed by atoms with Crippen LogP contribution in [0, 0.1) is 0 Å². The van der Waals surface area contributed by atoms with Crippen LogP contribution in [-0.4, -0.2) is 32.1 Å². The molecule has 0 rings (SSSR count). The maximum atomic E-state index is 2.48. The third-order valence-corrected chi connectivity index (χ3v) is 15.9. The second-order valence-corrected chi connectivity index (χ2v) is 19.8. The average Bonchev–Trinajstić information content (AvgIpc) is 2.06. The predicted octanol–water partition coefficient (Wildman–Crippen LogP) is 6.38. The van der Waals surface area contributed by atoms with Crippen molar-refractivity contribution >= 4 is 22.6 Å². The standard InChI is InChI=1S/C16H36AsP/c1-13(2)18(14(3)4)12-11-17(15(5,6)7)16(8,9)10/h13-14H,11-12H2,1-10H3. The van der Waals surface area contributed by atoms with E-state index >= 15 is 0 Å². The van der Waals surface area contributed by atoms with Gasteiger partial charge >= 0.3 is 123 Å². The van der Waals surface area contributed by atoms with Crippen LogP contribution in [-0.2, 0) is 0 Å². The Morgan fingerprint density at radius 3 is 1.33 bits per heavy atom. The summed E-state index contributed by atoms with van der Waals surface area (Å²) in [6, 6.07) is 0. The van der Waals surface area contributed by atoms with Gasteiger partial charge in [0.25, 0.3) is 0 Å². The molecular weight excluding hydrogens is 298 g/mol. The molecule has 0 aliphatic heterocycles. The zero-order valence-electron chi connectivity index (χ0n) is 14.5. The summed E-state index contributed by atoms with van der Waals surface area (Å²) in [7, 11) is 0.231. The van der Waals surface area contributed by atoms with Crippen LogP contribution in [0.3, 0.4) is 0 Å². The van der Waals surface area contributed by atoms with E-state index < -0.39 is 14.7 Å². The van der Waals surface area contributed by atoms with Gasteiger partial charge in [0.1, 0.15) is 0 Å². The Kier molecular flexibility index (Phi) is 7.52. The van der Waals surface area contributed by atoms with E-state index in [-0.39, 0.29) is 7.92 Å². The van der Waals surface area contributed by atoms with E-state index in [0.29, 0.717) is 8.41 Å². The SMILES string of the molecule is CC(C)P(CC[As](C(C)(C)C)C(C)(C)C)C(C)C. The second-order valence-electron chi connectivity index (χ2n) is 7.92. The Bertz CT molecular complexity index is 210. The molecular formula is C16H36AsP. The van der Waals surface area contributed by atoms with Crippen LogP contribution in [0.15, 0.2) is 0 Å². The van der Waals surface area contributed by atoms with Gasteiger partial charge in [-0.1, -0.05) is 0 Å². The Labute approximate surface area is 123 Å². The molecule has 0 N–H and O–H groups in total. The fourth-order valence-corrected chi connectivity index (χ4v) is 15.4. The van der Waals surface area contributed by atoms with Gasteiger partial charge in [-0.05, 0) is 0 Å². The van der Waals surface area contributed by atoms with Crippen molar-refractivity contribution in [3.63, 3.8) is 0 Å². The molecule has 0 amide bonds. The Hall–Kier alpha value is 0.988. The Balaban J connectivity index is 4.72. The molecule has 18 heavy (non-hydrogen) atoms. The van der Waals surface area contributed by atoms with Crippen LogP contribution < -0.4 is 0 Å². The van der Waals surface area contributed by atoms with Crippen LogP contribution >= 0.6 is 7.92 Å². The van der Waals surface area contributed by atoms with Gasteiger partial charge in [0.05, 0.1) is 0 Å². The number of rotatable bonds is 5. The van der Waals surface area contributed by atoms with Crippen molar-refractivity contribution in [3.05, 3.63) is 0 Å². The molecule has 110 valence electrons. The monoisotopic (exact) mass is 334 g/mol. The van der Waals surface area contributed by atoms with Crippen molar-refractivity contribution in [2.75, 3.05) is 6.16 Å². The van der Waals surface area contributed by atoms with Gasteiger partial charge in [-0.2, -0.15) is 0 Å². The number of hydrogen-bond donors (Lipinski definition) is 0. The van der Waals surface area contributed by atoms with E-state index in [0.717, 1.165) is 11.3 Å². The van der Waals surface area contributed by atoms with E-state index in [1.54, 1.807) is 5.21 Å². The molecule has 0 aliphatic carbocycles. The fourth-order valence-electron chi connectivity index (χ4n) is 3.01. The van der Waals surface area contributed by atoms with E-state index in [2.05, 4.69) is 69.2 Å². The van der Waals surface area contributed by atoms with Gasteiger partial charge in [0.2, 0.25) is 0 Å². The first-order chi connectivity index (χ1) is 7.87. The van der Waals surface area contributed by atoms with Crippen LogP contribution in [0.1, 0.15) is 69.2 Å². The molecule has 0 atom stereocenters. The molecule has 0 unspecified atom stereocenters. The zero-order valence-corrected chi connectivity index (χ0v) is 17.2. The Morgan fingerprint density at radius 2 is 1.11 bits per heavy atom. The molecule has 0 radical (unpaired) electrons. The molecule has 0 heterocycles. The van der Waals surface area contributed by atoms with Crippen molar-refractivity contribution in [3.8, 4) is 0 Å². The van der Waals surface area contributed by atoms with Crippen molar-refractivity contribution in [1.29, 1.82) is 0 Å². The molecule has 0 aromatic carbocycles. The van der Waals surface area contributed by atoms with Gasteiger partial charge in [0, 0.05) is 0 Å². The zero-order chi connectivity index (χ0) is 14.7. The van der Waals surface area contributed by atoms with Crippen molar-refractivity contribution in [1.82, 2.24) is 0 Å². The van der Waals surface area contributed by atoms with Crippen LogP contribution in [0.5, 0.6) is 0 Å². The maximum absolute atomic E-state index is 2.48. The third-order valence-electron chi connectivity index (χ3n) is 3.53. The molecule has 0 aromatic heterocycles. The van der Waals surface area contributed by atoms with Gasteiger partial charge < -0.3 is 0 Å². The molecule has 0 aliphatic rings. The first-order valence-corrected chi connectivity index (χ1v) is 12.3. The first-order valence-electron chi connectivity index (χ1n) is 7.41. The summed E-state index contributed by atoms with van der Waals surface area (Å²) < 4.78 is 1.14. The van der Waals surface area contributed by atoms with Gasteiger partial charge in [-0.3, -0.25) is 0 Å². The summed E-state index contributed by atoms with van der Waals surface area (Å²) in [5.74, 6) is 0. The molecule has 0 spiro atoms. The summed E-state index contributed by atoms with van der Waals surface area (Å²) in [6.45, 7) is 24.6. The second kappa shape index (κ2) is 7.13. The molecule has 0 bridgehead atoms. The molecule has 0 saturated heterocycles. The van der Waals surface area contributed by atoms with E-state index in [1.165, 1.54) is 6.16 Å². The summed E-state index contributed by atoms with van der Waals surface area (Å²) in [4.78, 5) is 0. The van der Waals surface area contributed by atoms with Crippen molar-refractivity contribution in [2.45, 2.75) is 94.2 Å². The van der Waals surface area contributed by atoms with Crippen molar-refractivity contribution in [2.24, 2.45) is 0 Å². The van der Waals surface area contributed by atoms with E-state index in [9.17, 15) is 0 Å². The topological polar surface area (TPSA) is 0 Å². The van der Waals surface area contributed by atoms with Crippen molar-refractivity contribution < 1.29 is 0 Å². The number of hydrogen-bond acceptors (Lipinski definition) is 0. The predicted molar refractivity (Wildman–Crippen MR) is 92.1 cm³/mol. The minimum absolute atomic E-state index is 0.231. The molecule has 0 nitrogen and oxygen atoms in total. The minimum atomic E-state index is -0.810. The van der Waals surface area contributed by atoms with Gasteiger partial charge in [-0.25, -0.2) is 0 Å². The molecule has 0 saturated carbocycles.